The second-order valence-corrected chi connectivity index (χ2v) is 6.07. The topological polar surface area (TPSA) is 22.1 Å². The number of hydrogen-bond acceptors (Lipinski definition) is 4. The molecule has 0 unspecified atom stereocenters. The number of allylic oxidation sites excluding steroid dienone is 2. The van der Waals surface area contributed by atoms with Crippen molar-refractivity contribution in [3.63, 3.8) is 0 Å². The van der Waals surface area contributed by atoms with Crippen LogP contribution in [0.5, 0.6) is 0 Å². The Bertz CT molecular complexity index is 482. The van der Waals surface area contributed by atoms with Crippen molar-refractivity contribution in [1.29, 1.82) is 0 Å². The summed E-state index contributed by atoms with van der Waals surface area (Å²) in [4.78, 5) is 12.2. The minimum atomic E-state index is 1.10. The van der Waals surface area contributed by atoms with Crippen molar-refractivity contribution in [2.45, 2.75) is 25.7 Å². The minimum absolute atomic E-state index is 1.10. The summed E-state index contributed by atoms with van der Waals surface area (Å²) in [6.45, 7) is 5.84. The molecule has 102 valence electrons. The van der Waals surface area contributed by atoms with Gasteiger partial charge in [-0.15, -0.1) is 0 Å². The van der Waals surface area contributed by atoms with Crippen molar-refractivity contribution in [3.8, 4) is 0 Å². The first-order chi connectivity index (χ1) is 9.31. The van der Waals surface area contributed by atoms with Crippen LogP contribution in [0, 0.1) is 0 Å². The van der Waals surface area contributed by atoms with Gasteiger partial charge in [0.25, 0.3) is 0 Å². The molecule has 0 aromatic heterocycles. The van der Waals surface area contributed by atoms with Gasteiger partial charge in [0.2, 0.25) is 5.96 Å². The summed E-state index contributed by atoms with van der Waals surface area (Å²) >= 11 is 0. The van der Waals surface area contributed by atoms with Gasteiger partial charge in [0, 0.05) is 45.5 Å². The molecule has 0 aromatic carbocycles. The van der Waals surface area contributed by atoms with Crippen LogP contribution in [0.25, 0.3) is 0 Å². The molecule has 0 N–H and O–H groups in total. The lowest BCUT2D eigenvalue weighted by atomic mass is 9.98. The van der Waals surface area contributed by atoms with E-state index in [-0.39, 0.29) is 0 Å². The average molecular weight is 258 g/mol. The van der Waals surface area contributed by atoms with Crippen LogP contribution >= 0.6 is 0 Å². The fraction of sp³-hybridized carbons (Fsp3) is 0.667. The van der Waals surface area contributed by atoms with E-state index < -0.39 is 0 Å². The van der Waals surface area contributed by atoms with E-state index in [1.54, 1.807) is 5.57 Å². The molecule has 0 atom stereocenters. The Labute approximate surface area is 115 Å². The van der Waals surface area contributed by atoms with Gasteiger partial charge in [-0.3, -0.25) is 0 Å². The van der Waals surface area contributed by atoms with Crippen LogP contribution < -0.4 is 0 Å². The Kier molecular flexibility index (Phi) is 2.57. The maximum Gasteiger partial charge on any atom is 0.201 e. The molecule has 4 heteroatoms. The van der Waals surface area contributed by atoms with Gasteiger partial charge in [-0.2, -0.15) is 0 Å². The molecule has 0 spiro atoms. The van der Waals surface area contributed by atoms with Gasteiger partial charge in [0.05, 0.1) is 5.70 Å². The predicted octanol–water partition coefficient (Wildman–Crippen LogP) is 1.63. The second kappa shape index (κ2) is 4.29. The highest BCUT2D eigenvalue weighted by atomic mass is 15.4. The third-order valence-corrected chi connectivity index (χ3v) is 4.79. The van der Waals surface area contributed by atoms with Gasteiger partial charge in [-0.1, -0.05) is 0 Å². The van der Waals surface area contributed by atoms with Crippen molar-refractivity contribution in [2.75, 3.05) is 39.8 Å². The lowest BCUT2D eigenvalue weighted by Gasteiger charge is -2.32. The largest absolute Gasteiger partial charge is 0.375 e. The van der Waals surface area contributed by atoms with Gasteiger partial charge in [0.1, 0.15) is 0 Å². The molecule has 0 bridgehead atoms. The number of guanidine groups is 1. The summed E-state index contributed by atoms with van der Waals surface area (Å²) in [5, 5.41) is 0. The van der Waals surface area contributed by atoms with Crippen molar-refractivity contribution in [3.05, 3.63) is 23.0 Å². The Morgan fingerprint density at radius 3 is 2.68 bits per heavy atom. The van der Waals surface area contributed by atoms with Crippen LogP contribution in [0.15, 0.2) is 28.0 Å². The molecule has 4 aliphatic rings. The number of likely N-dealkylation sites (tertiary alicyclic amines) is 1. The van der Waals surface area contributed by atoms with Gasteiger partial charge < -0.3 is 14.7 Å². The van der Waals surface area contributed by atoms with Gasteiger partial charge in [0.15, 0.2) is 0 Å². The summed E-state index contributed by atoms with van der Waals surface area (Å²) < 4.78 is 0. The highest BCUT2D eigenvalue weighted by molar-refractivity contribution is 5.84. The third kappa shape index (κ3) is 1.85. The fourth-order valence-electron chi connectivity index (χ4n) is 3.62. The molecular weight excluding hydrogens is 236 g/mol. The average Bonchev–Trinajstić information content (AvgIpc) is 3.07. The zero-order valence-corrected chi connectivity index (χ0v) is 11.7. The highest BCUT2D eigenvalue weighted by Gasteiger charge is 2.30. The summed E-state index contributed by atoms with van der Waals surface area (Å²) in [6, 6.07) is 0. The van der Waals surface area contributed by atoms with Crippen LogP contribution in [0.1, 0.15) is 25.7 Å². The monoisotopic (exact) mass is 258 g/mol. The SMILES string of the molecule is CN1CCN2CC3=C(C=C(N4CCCC4)CC3)N=C12. The minimum Gasteiger partial charge on any atom is -0.375 e. The van der Waals surface area contributed by atoms with Crippen LogP contribution in [-0.4, -0.2) is 60.4 Å². The first kappa shape index (κ1) is 11.4. The Morgan fingerprint density at radius 2 is 1.84 bits per heavy atom. The normalized spacial score (nSPS) is 26.5. The first-order valence-corrected chi connectivity index (χ1v) is 7.53. The molecule has 19 heavy (non-hydrogen) atoms. The maximum absolute atomic E-state index is 4.91. The number of hydrogen-bond donors (Lipinski definition) is 0. The zero-order valence-electron chi connectivity index (χ0n) is 11.7. The number of fused-ring (bicyclic) bond motifs is 1. The molecule has 4 rings (SSSR count). The number of nitrogens with zero attached hydrogens (tertiary/aromatic N) is 4. The van der Waals surface area contributed by atoms with Crippen molar-refractivity contribution < 1.29 is 0 Å². The molecular formula is C15H22N4. The molecule has 2 saturated heterocycles. The maximum atomic E-state index is 4.91. The van der Waals surface area contributed by atoms with Crippen LogP contribution in [0.3, 0.4) is 0 Å². The van der Waals surface area contributed by atoms with Crippen LogP contribution in [-0.2, 0) is 0 Å². The number of rotatable bonds is 1. The summed E-state index contributed by atoms with van der Waals surface area (Å²) in [6.07, 6.45) is 7.49. The third-order valence-electron chi connectivity index (χ3n) is 4.79. The molecule has 2 fully saturated rings. The van der Waals surface area contributed by atoms with Gasteiger partial charge in [-0.05, 0) is 37.3 Å². The summed E-state index contributed by atoms with van der Waals surface area (Å²) in [5.41, 5.74) is 4.32. The van der Waals surface area contributed by atoms with E-state index in [0.29, 0.717) is 0 Å². The Morgan fingerprint density at radius 1 is 1.00 bits per heavy atom. The molecule has 0 radical (unpaired) electrons. The molecule has 3 aliphatic heterocycles. The molecule has 0 saturated carbocycles. The Balaban J connectivity index is 1.63. The number of aliphatic imine (C=N–C) groups is 1. The summed E-state index contributed by atoms with van der Waals surface area (Å²) in [7, 11) is 2.15. The smallest absolute Gasteiger partial charge is 0.201 e. The van der Waals surface area contributed by atoms with Crippen LogP contribution in [0.4, 0.5) is 0 Å². The Hall–Kier alpha value is -1.45. The van der Waals surface area contributed by atoms with E-state index in [2.05, 4.69) is 27.8 Å². The molecule has 4 nitrogen and oxygen atoms in total. The molecule has 3 heterocycles. The van der Waals surface area contributed by atoms with E-state index in [9.17, 15) is 0 Å². The lowest BCUT2D eigenvalue weighted by molar-refractivity contribution is 0.399. The lowest BCUT2D eigenvalue weighted by Crippen LogP contribution is -2.36. The standard InChI is InChI=1S/C15H22N4/c1-17-8-9-19-11-12-4-5-13(18-6-2-3-7-18)10-14(12)16-15(17)19/h10H,2-9,11H2,1H3. The second-order valence-electron chi connectivity index (χ2n) is 6.07. The predicted molar refractivity (Wildman–Crippen MR) is 76.8 cm³/mol. The van der Waals surface area contributed by atoms with Crippen molar-refractivity contribution >= 4 is 5.96 Å². The fourth-order valence-corrected chi connectivity index (χ4v) is 3.62. The molecule has 0 amide bonds. The molecule has 1 aliphatic carbocycles. The first-order valence-electron chi connectivity index (χ1n) is 7.53. The quantitative estimate of drug-likeness (QED) is 0.714. The van der Waals surface area contributed by atoms with E-state index in [1.807, 2.05) is 0 Å². The van der Waals surface area contributed by atoms with E-state index >= 15 is 0 Å². The van der Waals surface area contributed by atoms with Crippen molar-refractivity contribution in [1.82, 2.24) is 14.7 Å². The summed E-state index contributed by atoms with van der Waals surface area (Å²) in [5.74, 6) is 1.18. The van der Waals surface area contributed by atoms with Crippen molar-refractivity contribution in [2.24, 2.45) is 4.99 Å². The number of likely N-dealkylation sites (N-methyl/N-ethyl adjacent to an activating group) is 1. The van der Waals surface area contributed by atoms with E-state index in [1.165, 1.54) is 56.1 Å². The zero-order chi connectivity index (χ0) is 12.8. The molecule has 0 aromatic rings. The van der Waals surface area contributed by atoms with E-state index in [4.69, 9.17) is 4.99 Å². The van der Waals surface area contributed by atoms with Gasteiger partial charge in [-0.25, -0.2) is 4.99 Å². The van der Waals surface area contributed by atoms with E-state index in [0.717, 1.165) is 19.6 Å². The van der Waals surface area contributed by atoms with Crippen LogP contribution in [0.2, 0.25) is 0 Å². The highest BCUT2D eigenvalue weighted by Crippen LogP contribution is 2.32. The van der Waals surface area contributed by atoms with Gasteiger partial charge >= 0.3 is 0 Å².